The molecule has 5 heteroatoms. The Morgan fingerprint density at radius 2 is 2.14 bits per heavy atom. The van der Waals surface area contributed by atoms with E-state index >= 15 is 0 Å². The molecular weight excluding hydrogens is 276 g/mol. The van der Waals surface area contributed by atoms with Crippen LogP contribution in [-0.2, 0) is 11.2 Å². The molecule has 0 bridgehead atoms. The summed E-state index contributed by atoms with van der Waals surface area (Å²) in [7, 11) is 1.99. The topological polar surface area (TPSA) is 61.0 Å². The van der Waals surface area contributed by atoms with E-state index in [0.717, 1.165) is 55.0 Å². The number of amides is 1. The van der Waals surface area contributed by atoms with Crippen LogP contribution in [0.4, 0.5) is 0 Å². The van der Waals surface area contributed by atoms with Crippen molar-refractivity contribution in [2.24, 2.45) is 5.92 Å². The van der Waals surface area contributed by atoms with Gasteiger partial charge in [0.05, 0.1) is 17.6 Å². The first kappa shape index (κ1) is 15.0. The van der Waals surface area contributed by atoms with Gasteiger partial charge in [0.25, 0.3) is 0 Å². The SMILES string of the molecule is CNCCC1CCN(C(=O)Cc2[nH]nc3ccccc23)CC1. The lowest BCUT2D eigenvalue weighted by Gasteiger charge is -2.32. The molecule has 5 nitrogen and oxygen atoms in total. The van der Waals surface area contributed by atoms with E-state index in [4.69, 9.17) is 0 Å². The third-order valence-corrected chi connectivity index (χ3v) is 4.64. The van der Waals surface area contributed by atoms with E-state index in [9.17, 15) is 4.79 Å². The molecular formula is C17H24N4O. The number of carbonyl (C=O) groups is 1. The molecule has 3 rings (SSSR count). The number of hydrogen-bond acceptors (Lipinski definition) is 3. The summed E-state index contributed by atoms with van der Waals surface area (Å²) >= 11 is 0. The summed E-state index contributed by atoms with van der Waals surface area (Å²) in [5.74, 6) is 0.964. The first-order valence-electron chi connectivity index (χ1n) is 8.12. The van der Waals surface area contributed by atoms with E-state index < -0.39 is 0 Å². The van der Waals surface area contributed by atoms with Gasteiger partial charge in [-0.2, -0.15) is 5.10 Å². The molecule has 1 aliphatic rings. The van der Waals surface area contributed by atoms with Crippen LogP contribution in [0.15, 0.2) is 24.3 Å². The van der Waals surface area contributed by atoms with Crippen molar-refractivity contribution in [3.63, 3.8) is 0 Å². The average molecular weight is 300 g/mol. The second-order valence-corrected chi connectivity index (χ2v) is 6.11. The number of para-hydroxylation sites is 1. The zero-order valence-electron chi connectivity index (χ0n) is 13.1. The third-order valence-electron chi connectivity index (χ3n) is 4.64. The molecule has 0 atom stereocenters. The molecule has 0 spiro atoms. The Morgan fingerprint density at radius 3 is 2.91 bits per heavy atom. The van der Waals surface area contributed by atoms with Crippen LogP contribution in [0.25, 0.3) is 10.9 Å². The molecule has 2 heterocycles. The highest BCUT2D eigenvalue weighted by Gasteiger charge is 2.23. The summed E-state index contributed by atoms with van der Waals surface area (Å²) < 4.78 is 0. The Labute approximate surface area is 131 Å². The number of rotatable bonds is 5. The molecule has 0 unspecified atom stereocenters. The second kappa shape index (κ2) is 6.92. The molecule has 1 aromatic carbocycles. The number of likely N-dealkylation sites (tertiary alicyclic amines) is 1. The lowest BCUT2D eigenvalue weighted by atomic mass is 9.93. The van der Waals surface area contributed by atoms with E-state index in [0.29, 0.717) is 6.42 Å². The van der Waals surface area contributed by atoms with Gasteiger partial charge < -0.3 is 10.2 Å². The van der Waals surface area contributed by atoms with Crippen LogP contribution >= 0.6 is 0 Å². The normalized spacial score (nSPS) is 16.3. The molecule has 1 aromatic heterocycles. The lowest BCUT2D eigenvalue weighted by molar-refractivity contribution is -0.131. The van der Waals surface area contributed by atoms with Crippen molar-refractivity contribution in [2.75, 3.05) is 26.7 Å². The Hall–Kier alpha value is -1.88. The number of nitrogens with one attached hydrogen (secondary N) is 2. The zero-order valence-corrected chi connectivity index (χ0v) is 13.1. The Morgan fingerprint density at radius 1 is 1.36 bits per heavy atom. The van der Waals surface area contributed by atoms with Crippen molar-refractivity contribution in [2.45, 2.75) is 25.7 Å². The van der Waals surface area contributed by atoms with Crippen molar-refractivity contribution >= 4 is 16.8 Å². The first-order valence-corrected chi connectivity index (χ1v) is 8.12. The molecule has 2 aromatic rings. The van der Waals surface area contributed by atoms with Crippen LogP contribution < -0.4 is 5.32 Å². The molecule has 0 radical (unpaired) electrons. The van der Waals surface area contributed by atoms with Gasteiger partial charge in [-0.25, -0.2) is 0 Å². The Bertz CT molecular complexity index is 628. The van der Waals surface area contributed by atoms with Crippen LogP contribution in [0.5, 0.6) is 0 Å². The van der Waals surface area contributed by atoms with Crippen LogP contribution in [0.3, 0.4) is 0 Å². The number of carbonyl (C=O) groups excluding carboxylic acids is 1. The Kier molecular flexibility index (Phi) is 4.73. The maximum Gasteiger partial charge on any atom is 0.228 e. The van der Waals surface area contributed by atoms with Gasteiger partial charge in [-0.1, -0.05) is 18.2 Å². The van der Waals surface area contributed by atoms with Crippen molar-refractivity contribution in [3.8, 4) is 0 Å². The van der Waals surface area contributed by atoms with Gasteiger partial charge in [0.1, 0.15) is 0 Å². The van der Waals surface area contributed by atoms with Gasteiger partial charge in [-0.15, -0.1) is 0 Å². The fourth-order valence-corrected chi connectivity index (χ4v) is 3.23. The summed E-state index contributed by atoms with van der Waals surface area (Å²) in [5.41, 5.74) is 1.86. The summed E-state index contributed by atoms with van der Waals surface area (Å²) in [5, 5.41) is 11.5. The minimum Gasteiger partial charge on any atom is -0.342 e. The number of aromatic nitrogens is 2. The summed E-state index contributed by atoms with van der Waals surface area (Å²) in [4.78, 5) is 14.5. The molecule has 118 valence electrons. The molecule has 0 saturated carbocycles. The standard InChI is InChI=1S/C17H24N4O/c1-18-9-6-13-7-10-21(11-8-13)17(22)12-16-14-4-2-3-5-15(14)19-20-16/h2-5,13,18H,6-12H2,1H3,(H,19,20). The Balaban J connectivity index is 1.57. The van der Waals surface area contributed by atoms with Crippen molar-refractivity contribution < 1.29 is 4.79 Å². The van der Waals surface area contributed by atoms with E-state index in [2.05, 4.69) is 15.5 Å². The number of hydrogen-bond donors (Lipinski definition) is 2. The molecule has 1 amide bonds. The highest BCUT2D eigenvalue weighted by Crippen LogP contribution is 2.21. The van der Waals surface area contributed by atoms with E-state index in [1.807, 2.05) is 36.2 Å². The van der Waals surface area contributed by atoms with Crippen molar-refractivity contribution in [1.29, 1.82) is 0 Å². The van der Waals surface area contributed by atoms with Crippen LogP contribution in [0, 0.1) is 5.92 Å². The highest BCUT2D eigenvalue weighted by atomic mass is 16.2. The van der Waals surface area contributed by atoms with E-state index in [-0.39, 0.29) is 5.91 Å². The van der Waals surface area contributed by atoms with E-state index in [1.165, 1.54) is 6.42 Å². The second-order valence-electron chi connectivity index (χ2n) is 6.11. The van der Waals surface area contributed by atoms with Gasteiger partial charge in [0.2, 0.25) is 5.91 Å². The number of H-pyrrole nitrogens is 1. The van der Waals surface area contributed by atoms with Gasteiger partial charge in [-0.05, 0) is 44.8 Å². The summed E-state index contributed by atoms with van der Waals surface area (Å²) in [6, 6.07) is 7.93. The summed E-state index contributed by atoms with van der Waals surface area (Å²) in [6.07, 6.45) is 3.87. The number of fused-ring (bicyclic) bond motifs is 1. The first-order chi connectivity index (χ1) is 10.8. The molecule has 1 fully saturated rings. The lowest BCUT2D eigenvalue weighted by Crippen LogP contribution is -2.39. The van der Waals surface area contributed by atoms with Crippen LogP contribution in [0.1, 0.15) is 25.0 Å². The molecule has 1 aliphatic heterocycles. The van der Waals surface area contributed by atoms with Gasteiger partial charge >= 0.3 is 0 Å². The number of benzene rings is 1. The van der Waals surface area contributed by atoms with Crippen molar-refractivity contribution in [3.05, 3.63) is 30.0 Å². The smallest absolute Gasteiger partial charge is 0.228 e. The molecule has 0 aliphatic carbocycles. The molecule has 22 heavy (non-hydrogen) atoms. The van der Waals surface area contributed by atoms with Crippen LogP contribution in [0.2, 0.25) is 0 Å². The predicted octanol–water partition coefficient (Wildman–Crippen LogP) is 1.95. The maximum absolute atomic E-state index is 12.5. The number of piperidine rings is 1. The van der Waals surface area contributed by atoms with Crippen LogP contribution in [-0.4, -0.2) is 47.7 Å². The highest BCUT2D eigenvalue weighted by molar-refractivity contribution is 5.87. The monoisotopic (exact) mass is 300 g/mol. The molecule has 2 N–H and O–H groups in total. The quantitative estimate of drug-likeness (QED) is 0.887. The van der Waals surface area contributed by atoms with E-state index in [1.54, 1.807) is 0 Å². The van der Waals surface area contributed by atoms with Gasteiger partial charge in [0, 0.05) is 18.5 Å². The van der Waals surface area contributed by atoms with Crippen molar-refractivity contribution in [1.82, 2.24) is 20.4 Å². The van der Waals surface area contributed by atoms with Gasteiger partial charge in [0.15, 0.2) is 0 Å². The fraction of sp³-hybridized carbons (Fsp3) is 0.529. The predicted molar refractivity (Wildman–Crippen MR) is 87.6 cm³/mol. The minimum atomic E-state index is 0.210. The zero-order chi connectivity index (χ0) is 15.4. The number of nitrogens with zero attached hydrogens (tertiary/aromatic N) is 2. The largest absolute Gasteiger partial charge is 0.342 e. The number of aromatic amines is 1. The maximum atomic E-state index is 12.5. The fourth-order valence-electron chi connectivity index (χ4n) is 3.23. The average Bonchev–Trinajstić information content (AvgIpc) is 2.96. The minimum absolute atomic E-state index is 0.210. The summed E-state index contributed by atoms with van der Waals surface area (Å²) in [6.45, 7) is 2.84. The van der Waals surface area contributed by atoms with Gasteiger partial charge in [-0.3, -0.25) is 9.89 Å². The third kappa shape index (κ3) is 3.30. The molecule has 1 saturated heterocycles.